The molecule has 0 atom stereocenters. The van der Waals surface area contributed by atoms with E-state index in [0.717, 1.165) is 22.3 Å². The summed E-state index contributed by atoms with van der Waals surface area (Å²) in [7, 11) is -2.30. The van der Waals surface area contributed by atoms with E-state index in [-0.39, 0.29) is 15.6 Å². The molecular weight excluding hydrogens is 462 g/mol. The molecule has 0 saturated carbocycles. The van der Waals surface area contributed by atoms with Gasteiger partial charge in [0.25, 0.3) is 0 Å². The van der Waals surface area contributed by atoms with E-state index in [0.29, 0.717) is 23.8 Å². The normalized spacial score (nSPS) is 11.9. The van der Waals surface area contributed by atoms with E-state index in [1.54, 1.807) is 19.2 Å². The number of sulfone groups is 1. The van der Waals surface area contributed by atoms with Crippen LogP contribution in [0.2, 0.25) is 0 Å². The van der Waals surface area contributed by atoms with E-state index in [9.17, 15) is 8.42 Å². The number of para-hydroxylation sites is 1. The fourth-order valence-electron chi connectivity index (χ4n) is 3.97. The number of aromatic nitrogens is 4. The highest BCUT2D eigenvalue weighted by molar-refractivity contribution is 7.91. The van der Waals surface area contributed by atoms with Crippen LogP contribution in [0.25, 0.3) is 16.6 Å². The van der Waals surface area contributed by atoms with Gasteiger partial charge >= 0.3 is 0 Å². The van der Waals surface area contributed by atoms with E-state index in [4.69, 9.17) is 4.74 Å². The molecule has 0 saturated heterocycles. The molecule has 3 aromatic carbocycles. The maximum absolute atomic E-state index is 13.5. The van der Waals surface area contributed by atoms with Crippen molar-refractivity contribution in [2.24, 2.45) is 0 Å². The zero-order valence-corrected chi connectivity index (χ0v) is 20.5. The first-order chi connectivity index (χ1) is 16.9. The minimum Gasteiger partial charge on any atom is -0.497 e. The second-order valence-corrected chi connectivity index (χ2v) is 10.4. The van der Waals surface area contributed by atoms with Crippen LogP contribution in [0.3, 0.4) is 0 Å². The zero-order chi connectivity index (χ0) is 24.6. The number of fused-ring (bicyclic) bond motifs is 3. The van der Waals surface area contributed by atoms with E-state index in [1.165, 1.54) is 4.52 Å². The first-order valence-corrected chi connectivity index (χ1v) is 12.7. The molecule has 0 aliphatic heterocycles. The smallest absolute Gasteiger partial charge is 0.229 e. The summed E-state index contributed by atoms with van der Waals surface area (Å²) >= 11 is 0. The molecule has 178 valence electrons. The molecule has 0 aliphatic carbocycles. The molecule has 35 heavy (non-hydrogen) atoms. The molecule has 5 rings (SSSR count). The van der Waals surface area contributed by atoms with Gasteiger partial charge in [0.2, 0.25) is 14.9 Å². The summed E-state index contributed by atoms with van der Waals surface area (Å²) in [4.78, 5) is 4.83. The fourth-order valence-corrected chi connectivity index (χ4v) is 5.20. The van der Waals surface area contributed by atoms with Gasteiger partial charge in [-0.25, -0.2) is 13.4 Å². The van der Waals surface area contributed by atoms with Crippen LogP contribution in [-0.2, 0) is 16.4 Å². The number of methoxy groups -OCH3 is 1. The lowest BCUT2D eigenvalue weighted by atomic mass is 10.0. The van der Waals surface area contributed by atoms with Crippen molar-refractivity contribution in [1.29, 1.82) is 0 Å². The second kappa shape index (κ2) is 8.99. The van der Waals surface area contributed by atoms with Gasteiger partial charge in [0.15, 0.2) is 5.65 Å². The summed E-state index contributed by atoms with van der Waals surface area (Å²) in [6.07, 6.45) is 0. The number of rotatable bonds is 7. The van der Waals surface area contributed by atoms with Crippen molar-refractivity contribution < 1.29 is 13.2 Å². The Morgan fingerprint density at radius 2 is 1.77 bits per heavy atom. The largest absolute Gasteiger partial charge is 0.497 e. The van der Waals surface area contributed by atoms with Crippen molar-refractivity contribution in [2.45, 2.75) is 36.2 Å². The van der Waals surface area contributed by atoms with Crippen LogP contribution in [0.15, 0.2) is 82.7 Å². The summed E-state index contributed by atoms with van der Waals surface area (Å²) in [5.41, 5.74) is 2.93. The lowest BCUT2D eigenvalue weighted by molar-refractivity contribution is 0.414. The molecule has 0 unspecified atom stereocenters. The summed E-state index contributed by atoms with van der Waals surface area (Å²) in [5.74, 6) is 1.60. The molecule has 0 spiro atoms. The molecule has 2 heterocycles. The number of anilines is 1. The van der Waals surface area contributed by atoms with E-state index in [1.807, 2.05) is 60.7 Å². The molecule has 9 heteroatoms. The van der Waals surface area contributed by atoms with Gasteiger partial charge in [0.05, 0.1) is 17.5 Å². The molecule has 8 nitrogen and oxygen atoms in total. The number of hydrogen-bond donors (Lipinski definition) is 1. The van der Waals surface area contributed by atoms with Crippen molar-refractivity contribution >= 4 is 32.2 Å². The predicted molar refractivity (Wildman–Crippen MR) is 135 cm³/mol. The average molecular weight is 488 g/mol. The van der Waals surface area contributed by atoms with Gasteiger partial charge in [0.1, 0.15) is 11.6 Å². The maximum atomic E-state index is 13.5. The minimum absolute atomic E-state index is 0.158. The first kappa shape index (κ1) is 22.8. The Labute approximate surface area is 203 Å². The van der Waals surface area contributed by atoms with Crippen LogP contribution in [-0.4, -0.2) is 35.3 Å². The van der Waals surface area contributed by atoms with Gasteiger partial charge in [0, 0.05) is 11.9 Å². The molecule has 0 amide bonds. The molecule has 1 N–H and O–H groups in total. The second-order valence-electron chi connectivity index (χ2n) is 8.54. The zero-order valence-electron chi connectivity index (χ0n) is 19.6. The highest BCUT2D eigenvalue weighted by Crippen LogP contribution is 2.29. The van der Waals surface area contributed by atoms with Gasteiger partial charge in [-0.05, 0) is 53.4 Å². The monoisotopic (exact) mass is 487 g/mol. The third kappa shape index (κ3) is 4.19. The predicted octanol–water partition coefficient (Wildman–Crippen LogP) is 4.85. The van der Waals surface area contributed by atoms with Gasteiger partial charge in [-0.1, -0.05) is 55.5 Å². The third-order valence-corrected chi connectivity index (χ3v) is 7.59. The van der Waals surface area contributed by atoms with E-state index in [2.05, 4.69) is 34.5 Å². The number of nitrogens with zero attached hydrogens (tertiary/aromatic N) is 4. The van der Waals surface area contributed by atoms with Gasteiger partial charge in [-0.15, -0.1) is 5.10 Å². The molecule has 5 aromatic rings. The Morgan fingerprint density at radius 1 is 1.00 bits per heavy atom. The summed E-state index contributed by atoms with van der Waals surface area (Å²) < 4.78 is 33.8. The van der Waals surface area contributed by atoms with Crippen molar-refractivity contribution in [1.82, 2.24) is 19.8 Å². The molecule has 0 radical (unpaired) electrons. The Bertz CT molecular complexity index is 1630. The van der Waals surface area contributed by atoms with Crippen molar-refractivity contribution in [3.63, 3.8) is 0 Å². The number of benzene rings is 3. The van der Waals surface area contributed by atoms with Crippen LogP contribution >= 0.6 is 0 Å². The van der Waals surface area contributed by atoms with Crippen molar-refractivity contribution in [3.8, 4) is 5.75 Å². The Hall–Kier alpha value is -3.98. The Kier molecular flexibility index (Phi) is 5.86. The van der Waals surface area contributed by atoms with Crippen molar-refractivity contribution in [2.75, 3.05) is 12.4 Å². The van der Waals surface area contributed by atoms with Crippen LogP contribution in [0.1, 0.15) is 30.9 Å². The topological polar surface area (TPSA) is 98.5 Å². The van der Waals surface area contributed by atoms with Crippen LogP contribution in [0, 0.1) is 0 Å². The maximum Gasteiger partial charge on any atom is 0.229 e. The van der Waals surface area contributed by atoms with Gasteiger partial charge < -0.3 is 10.1 Å². The molecular formula is C26H25N5O3S. The molecule has 0 fully saturated rings. The van der Waals surface area contributed by atoms with Gasteiger partial charge in [-0.2, -0.15) is 4.52 Å². The van der Waals surface area contributed by atoms with Crippen LogP contribution in [0.5, 0.6) is 5.75 Å². The average Bonchev–Trinajstić information content (AvgIpc) is 3.32. The number of ether oxygens (including phenoxy) is 1. The standard InChI is InChI=1S/C26H25N5O3S/c1-17(2)19-11-13-21(14-12-19)35(32,33)26-25-28-24(27-16-18-7-6-8-20(15-18)34-3)22-9-4-5-10-23(22)31(25)30-29-26/h4-15,17H,16H2,1-3H3,(H,27,28). The van der Waals surface area contributed by atoms with Crippen LogP contribution in [0.4, 0.5) is 5.82 Å². The minimum atomic E-state index is -3.93. The fraction of sp³-hybridized carbons (Fsp3) is 0.192. The first-order valence-electron chi connectivity index (χ1n) is 11.2. The quantitative estimate of drug-likeness (QED) is 0.350. The highest BCUT2D eigenvalue weighted by atomic mass is 32.2. The molecule has 2 aromatic heterocycles. The molecule has 0 aliphatic rings. The summed E-state index contributed by atoms with van der Waals surface area (Å²) in [6, 6.07) is 22.1. The lowest BCUT2D eigenvalue weighted by Crippen LogP contribution is -2.07. The third-order valence-electron chi connectivity index (χ3n) is 5.93. The molecule has 0 bridgehead atoms. The Balaban J connectivity index is 1.60. The van der Waals surface area contributed by atoms with E-state index < -0.39 is 9.84 Å². The SMILES string of the molecule is COc1cccc(CNc2nc3c(S(=O)(=O)c4ccc(C(C)C)cc4)nnn3c3ccccc23)c1. The van der Waals surface area contributed by atoms with Crippen molar-refractivity contribution in [3.05, 3.63) is 83.9 Å². The summed E-state index contributed by atoms with van der Waals surface area (Å²) in [6.45, 7) is 4.60. The Morgan fingerprint density at radius 3 is 2.51 bits per heavy atom. The number of nitrogens with one attached hydrogen (secondary N) is 1. The lowest BCUT2D eigenvalue weighted by Gasteiger charge is -2.11. The van der Waals surface area contributed by atoms with Crippen LogP contribution < -0.4 is 10.1 Å². The summed E-state index contributed by atoms with van der Waals surface area (Å²) in [5, 5.41) is 12.2. The highest BCUT2D eigenvalue weighted by Gasteiger charge is 2.27. The van der Waals surface area contributed by atoms with E-state index >= 15 is 0 Å². The number of hydrogen-bond acceptors (Lipinski definition) is 7. The van der Waals surface area contributed by atoms with Gasteiger partial charge in [-0.3, -0.25) is 0 Å².